The summed E-state index contributed by atoms with van der Waals surface area (Å²) in [6, 6.07) is 11.1. The third-order valence-electron chi connectivity index (χ3n) is 6.56. The number of hydrogen-bond acceptors (Lipinski definition) is 3. The van der Waals surface area contributed by atoms with Crippen molar-refractivity contribution in [2.75, 3.05) is 7.11 Å². The van der Waals surface area contributed by atoms with Crippen molar-refractivity contribution in [3.63, 3.8) is 0 Å². The summed E-state index contributed by atoms with van der Waals surface area (Å²) in [5.41, 5.74) is 6.14. The van der Waals surface area contributed by atoms with E-state index in [0.717, 1.165) is 11.1 Å². The Morgan fingerprint density at radius 1 is 0.889 bits per heavy atom. The molecule has 3 nitrogen and oxygen atoms in total. The summed E-state index contributed by atoms with van der Waals surface area (Å²) in [4.78, 5) is 24.8. The van der Waals surface area contributed by atoms with Crippen LogP contribution in [0.2, 0.25) is 0 Å². The summed E-state index contributed by atoms with van der Waals surface area (Å²) < 4.78 is 4.73. The second-order valence-electron chi connectivity index (χ2n) is 8.77. The van der Waals surface area contributed by atoms with Crippen molar-refractivity contribution in [2.45, 2.75) is 57.3 Å². The molecular formula is C24H26O3. The second-order valence-corrected chi connectivity index (χ2v) is 8.77. The van der Waals surface area contributed by atoms with Crippen molar-refractivity contribution in [3.05, 3.63) is 69.8 Å². The van der Waals surface area contributed by atoms with E-state index < -0.39 is 5.97 Å². The Bertz CT molecular complexity index is 931. The Morgan fingerprint density at radius 3 is 2.07 bits per heavy atom. The van der Waals surface area contributed by atoms with Crippen LogP contribution in [0.4, 0.5) is 0 Å². The van der Waals surface area contributed by atoms with Gasteiger partial charge in [0.05, 0.1) is 12.7 Å². The highest BCUT2D eigenvalue weighted by molar-refractivity contribution is 6.10. The molecule has 27 heavy (non-hydrogen) atoms. The van der Waals surface area contributed by atoms with Gasteiger partial charge in [-0.25, -0.2) is 4.79 Å². The van der Waals surface area contributed by atoms with Crippen molar-refractivity contribution in [1.29, 1.82) is 0 Å². The molecule has 3 heteroatoms. The molecule has 2 aromatic rings. The fraction of sp³-hybridized carbons (Fsp3) is 0.417. The van der Waals surface area contributed by atoms with E-state index >= 15 is 0 Å². The van der Waals surface area contributed by atoms with Gasteiger partial charge in [-0.1, -0.05) is 32.0 Å². The first-order chi connectivity index (χ1) is 12.8. The normalized spacial score (nSPS) is 18.7. The molecule has 1 spiro atoms. The number of carbonyl (C=O) groups excluding carboxylic acids is 2. The Kier molecular flexibility index (Phi) is 4.03. The molecule has 0 amide bonds. The molecule has 0 atom stereocenters. The van der Waals surface area contributed by atoms with E-state index in [-0.39, 0.29) is 11.2 Å². The van der Waals surface area contributed by atoms with Crippen molar-refractivity contribution >= 4 is 11.8 Å². The molecular weight excluding hydrogens is 336 g/mol. The maximum atomic E-state index is 13.2. The van der Waals surface area contributed by atoms with Gasteiger partial charge < -0.3 is 4.74 Å². The van der Waals surface area contributed by atoms with Gasteiger partial charge in [0.15, 0.2) is 5.78 Å². The van der Waals surface area contributed by atoms with E-state index in [1.165, 1.54) is 43.9 Å². The minimum atomic E-state index is -0.392. The van der Waals surface area contributed by atoms with Gasteiger partial charge in [-0.3, -0.25) is 4.79 Å². The van der Waals surface area contributed by atoms with Gasteiger partial charge in [-0.15, -0.1) is 0 Å². The SMILES string of the molecule is COC(=O)c1ccc(C(=O)c2cc3c(cc2C)C(C)(C)CCC32CC2)cc1. The van der Waals surface area contributed by atoms with Crippen LogP contribution in [0, 0.1) is 6.92 Å². The van der Waals surface area contributed by atoms with Crippen molar-refractivity contribution in [3.8, 4) is 0 Å². The van der Waals surface area contributed by atoms with E-state index in [4.69, 9.17) is 4.74 Å². The third kappa shape index (κ3) is 2.90. The first kappa shape index (κ1) is 18.0. The zero-order valence-corrected chi connectivity index (χ0v) is 16.5. The zero-order valence-electron chi connectivity index (χ0n) is 16.5. The lowest BCUT2D eigenvalue weighted by atomic mass is 9.66. The zero-order chi connectivity index (χ0) is 19.4. The summed E-state index contributed by atoms with van der Waals surface area (Å²) in [5.74, 6) is -0.372. The van der Waals surface area contributed by atoms with Crippen LogP contribution in [0.25, 0.3) is 0 Å². The first-order valence-corrected chi connectivity index (χ1v) is 9.66. The third-order valence-corrected chi connectivity index (χ3v) is 6.56. The fourth-order valence-electron chi connectivity index (χ4n) is 4.47. The molecule has 0 radical (unpaired) electrons. The molecule has 1 saturated carbocycles. The average Bonchev–Trinajstić information content (AvgIpc) is 3.45. The molecule has 0 aliphatic heterocycles. The molecule has 2 aliphatic rings. The summed E-state index contributed by atoms with van der Waals surface area (Å²) in [6.07, 6.45) is 4.90. The summed E-state index contributed by atoms with van der Waals surface area (Å²) in [7, 11) is 1.35. The van der Waals surface area contributed by atoms with Crippen molar-refractivity contribution < 1.29 is 14.3 Å². The molecule has 0 aromatic heterocycles. The molecule has 0 bridgehead atoms. The number of aryl methyl sites for hydroxylation is 1. The van der Waals surface area contributed by atoms with Gasteiger partial charge in [-0.05, 0) is 78.3 Å². The topological polar surface area (TPSA) is 43.4 Å². The number of hydrogen-bond donors (Lipinski definition) is 0. The average molecular weight is 362 g/mol. The number of rotatable bonds is 3. The van der Waals surface area contributed by atoms with Crippen molar-refractivity contribution in [2.24, 2.45) is 0 Å². The number of methoxy groups -OCH3 is 1. The smallest absolute Gasteiger partial charge is 0.337 e. The lowest BCUT2D eigenvalue weighted by Crippen LogP contribution is -2.30. The number of fused-ring (bicyclic) bond motifs is 2. The molecule has 2 aliphatic carbocycles. The number of esters is 1. The molecule has 0 unspecified atom stereocenters. The van der Waals surface area contributed by atoms with Gasteiger partial charge in [0.25, 0.3) is 0 Å². The predicted octanol–water partition coefficient (Wildman–Crippen LogP) is 5.12. The maximum Gasteiger partial charge on any atom is 0.337 e. The quantitative estimate of drug-likeness (QED) is 0.562. The predicted molar refractivity (Wildman–Crippen MR) is 106 cm³/mol. The second kappa shape index (κ2) is 6.05. The van der Waals surface area contributed by atoms with Gasteiger partial charge in [0, 0.05) is 11.1 Å². The monoisotopic (exact) mass is 362 g/mol. The minimum absolute atomic E-state index is 0.0193. The van der Waals surface area contributed by atoms with Crippen molar-refractivity contribution in [1.82, 2.24) is 0 Å². The highest BCUT2D eigenvalue weighted by Crippen LogP contribution is 2.59. The summed E-state index contributed by atoms with van der Waals surface area (Å²) in [6.45, 7) is 6.65. The van der Waals surface area contributed by atoms with Gasteiger partial charge in [0.1, 0.15) is 0 Å². The molecule has 4 rings (SSSR count). The molecule has 0 saturated heterocycles. The molecule has 140 valence electrons. The molecule has 0 heterocycles. The number of ketones is 1. The van der Waals surface area contributed by atoms with Crippen LogP contribution in [0.5, 0.6) is 0 Å². The van der Waals surface area contributed by atoms with Gasteiger partial charge in [-0.2, -0.15) is 0 Å². The van der Waals surface area contributed by atoms with Crippen LogP contribution < -0.4 is 0 Å². The van der Waals surface area contributed by atoms with Crippen LogP contribution in [-0.2, 0) is 15.6 Å². The largest absolute Gasteiger partial charge is 0.465 e. The van der Waals surface area contributed by atoms with E-state index in [0.29, 0.717) is 16.5 Å². The van der Waals surface area contributed by atoms with Crippen LogP contribution in [0.15, 0.2) is 36.4 Å². The minimum Gasteiger partial charge on any atom is -0.465 e. The fourth-order valence-corrected chi connectivity index (χ4v) is 4.47. The molecule has 1 fully saturated rings. The molecule has 0 N–H and O–H groups in total. The lowest BCUT2D eigenvalue weighted by molar-refractivity contribution is 0.0600. The van der Waals surface area contributed by atoms with E-state index in [9.17, 15) is 9.59 Å². The Labute approximate surface area is 160 Å². The van der Waals surface area contributed by atoms with E-state index in [2.05, 4.69) is 26.0 Å². The highest BCUT2D eigenvalue weighted by atomic mass is 16.5. The van der Waals surface area contributed by atoms with Crippen LogP contribution >= 0.6 is 0 Å². The lowest BCUT2D eigenvalue weighted by Gasteiger charge is -2.38. The maximum absolute atomic E-state index is 13.2. The van der Waals surface area contributed by atoms with Gasteiger partial charge >= 0.3 is 5.97 Å². The van der Waals surface area contributed by atoms with Gasteiger partial charge in [0.2, 0.25) is 0 Å². The Morgan fingerprint density at radius 2 is 1.48 bits per heavy atom. The summed E-state index contributed by atoms with van der Waals surface area (Å²) in [5, 5.41) is 0. The van der Waals surface area contributed by atoms with Crippen LogP contribution in [0.1, 0.15) is 82.5 Å². The van der Waals surface area contributed by atoms with E-state index in [1.54, 1.807) is 24.3 Å². The molecule has 2 aromatic carbocycles. The van der Waals surface area contributed by atoms with Crippen LogP contribution in [-0.4, -0.2) is 18.9 Å². The number of ether oxygens (including phenoxy) is 1. The number of benzene rings is 2. The van der Waals surface area contributed by atoms with Crippen LogP contribution in [0.3, 0.4) is 0 Å². The first-order valence-electron chi connectivity index (χ1n) is 9.66. The standard InChI is InChI=1S/C24H26O3/c1-15-13-19-20(24(11-12-24)10-9-23(19,2)3)14-18(15)21(25)16-5-7-17(8-6-16)22(26)27-4/h5-8,13-14H,9-12H2,1-4H3. The number of carbonyl (C=O) groups is 2. The van der Waals surface area contributed by atoms with E-state index in [1.807, 2.05) is 6.92 Å². The Balaban J connectivity index is 1.74. The highest BCUT2D eigenvalue weighted by Gasteiger charge is 2.50. The summed E-state index contributed by atoms with van der Waals surface area (Å²) >= 11 is 0. The Hall–Kier alpha value is -2.42.